The molecule has 14 nitrogen and oxygen atoms in total. The number of carbonyl (C=O) groups excluding carboxylic acids is 4. The molecule has 6 rings (SSSR count). The van der Waals surface area contributed by atoms with E-state index in [1.165, 1.54) is 0 Å². The summed E-state index contributed by atoms with van der Waals surface area (Å²) < 4.78 is 0. The van der Waals surface area contributed by atoms with Gasteiger partial charge in [0, 0.05) is 18.6 Å². The fourth-order valence-electron chi connectivity index (χ4n) is 9.73. The van der Waals surface area contributed by atoms with Crippen molar-refractivity contribution in [3.63, 3.8) is 0 Å². The molecule has 2 saturated heterocycles. The number of aliphatic carboxylic acids is 1. The number of nitrogens with two attached hydrogens (primary N) is 3. The van der Waals surface area contributed by atoms with E-state index in [9.17, 15) is 29.1 Å². The van der Waals surface area contributed by atoms with Crippen molar-refractivity contribution in [2.75, 3.05) is 13.1 Å². The number of nitrogens with zero attached hydrogens (tertiary/aromatic N) is 3. The van der Waals surface area contributed by atoms with Crippen molar-refractivity contribution in [2.24, 2.45) is 39.9 Å². The lowest BCUT2D eigenvalue weighted by atomic mass is 9.84. The van der Waals surface area contributed by atoms with Gasteiger partial charge in [-0.15, -0.1) is 0 Å². The summed E-state index contributed by atoms with van der Waals surface area (Å²) in [5.74, 6) is -2.57. The summed E-state index contributed by atoms with van der Waals surface area (Å²) in [6.07, 6.45) is 10.5. The SMILES string of the molecule is NC(N)=NCCC[C@@H](N)C(=O)N1[C@H](C(=O)N2[C@H](C(=O)NCC(=O)N[C@H](C(=O)O)C3Cc4ccccc4C3)C[C@@H]3CCCC[C@@H]32)C[C@@H]2CCCC[C@@H]21. The van der Waals surface area contributed by atoms with Crippen molar-refractivity contribution in [1.82, 2.24) is 20.4 Å². The monoisotopic (exact) mass is 706 g/mol. The molecule has 2 heterocycles. The van der Waals surface area contributed by atoms with E-state index in [-0.39, 0.29) is 47.6 Å². The standard InChI is InChI=1S/C37H54N8O6/c38-26(12-7-15-41-37(39)40)34(48)45-28-14-6-4-11-24(28)19-30(45)35(49)44-27-13-5-3-10-23(27)18-29(44)33(47)42-20-31(46)43-32(36(50)51)25-16-21-8-1-2-9-22(21)17-25/h1-2,8-9,23-30,32H,3-7,10-20,38H2,(H,42,47)(H,43,46)(H,50,51)(H4,39,40,41)/t23-,24-,26+,27-,28-,29-,30-,32-/m0/s1. The van der Waals surface area contributed by atoms with Crippen LogP contribution >= 0.6 is 0 Å². The fraction of sp³-hybridized carbons (Fsp3) is 0.676. The number of hydrogen-bond donors (Lipinski definition) is 6. The van der Waals surface area contributed by atoms with Crippen molar-refractivity contribution in [3.05, 3.63) is 35.4 Å². The number of nitrogens with one attached hydrogen (secondary N) is 2. The molecule has 0 bridgehead atoms. The van der Waals surface area contributed by atoms with Gasteiger partial charge < -0.3 is 42.7 Å². The highest BCUT2D eigenvalue weighted by molar-refractivity contribution is 5.95. The number of guanidine groups is 1. The molecule has 0 spiro atoms. The van der Waals surface area contributed by atoms with Crippen molar-refractivity contribution >= 4 is 35.6 Å². The van der Waals surface area contributed by atoms with E-state index in [1.807, 2.05) is 24.3 Å². The molecule has 2 aliphatic heterocycles. The molecule has 4 fully saturated rings. The first kappa shape index (κ1) is 36.6. The predicted octanol–water partition coefficient (Wildman–Crippen LogP) is 0.787. The molecule has 0 radical (unpaired) electrons. The summed E-state index contributed by atoms with van der Waals surface area (Å²) in [4.78, 5) is 75.4. The Morgan fingerprint density at radius 2 is 1.45 bits per heavy atom. The minimum Gasteiger partial charge on any atom is -0.480 e. The summed E-state index contributed by atoms with van der Waals surface area (Å²) in [5.41, 5.74) is 19.5. The highest BCUT2D eigenvalue weighted by Gasteiger charge is 2.54. The summed E-state index contributed by atoms with van der Waals surface area (Å²) in [7, 11) is 0. The highest BCUT2D eigenvalue weighted by Crippen LogP contribution is 2.45. The first-order chi connectivity index (χ1) is 24.5. The van der Waals surface area contributed by atoms with E-state index >= 15 is 0 Å². The molecule has 3 aliphatic carbocycles. The lowest BCUT2D eigenvalue weighted by Crippen LogP contribution is -2.59. The van der Waals surface area contributed by atoms with Crippen LogP contribution in [-0.2, 0) is 36.8 Å². The number of likely N-dealkylation sites (tertiary alicyclic amines) is 2. The quantitative estimate of drug-likeness (QED) is 0.102. The van der Waals surface area contributed by atoms with Gasteiger partial charge in [0.05, 0.1) is 12.6 Å². The van der Waals surface area contributed by atoms with Crippen molar-refractivity contribution < 1.29 is 29.1 Å². The van der Waals surface area contributed by atoms with Crippen LogP contribution in [0.25, 0.3) is 0 Å². The third-order valence-corrected chi connectivity index (χ3v) is 12.1. The van der Waals surface area contributed by atoms with Crippen LogP contribution < -0.4 is 27.8 Å². The Morgan fingerprint density at radius 3 is 2.06 bits per heavy atom. The van der Waals surface area contributed by atoms with Crippen molar-refractivity contribution in [3.8, 4) is 0 Å². The first-order valence-corrected chi connectivity index (χ1v) is 18.9. The third-order valence-electron chi connectivity index (χ3n) is 12.1. The molecule has 1 aromatic carbocycles. The van der Waals surface area contributed by atoms with Gasteiger partial charge in [-0.05, 0) is 93.1 Å². The zero-order valence-electron chi connectivity index (χ0n) is 29.4. The van der Waals surface area contributed by atoms with E-state index in [0.29, 0.717) is 45.1 Å². The maximum Gasteiger partial charge on any atom is 0.326 e. The van der Waals surface area contributed by atoms with Gasteiger partial charge in [0.25, 0.3) is 0 Å². The van der Waals surface area contributed by atoms with E-state index in [0.717, 1.165) is 62.5 Å². The molecule has 8 atom stereocenters. The number of carboxylic acids is 1. The number of carbonyl (C=O) groups is 5. The van der Waals surface area contributed by atoms with Crippen LogP contribution in [0, 0.1) is 17.8 Å². The Kier molecular flexibility index (Phi) is 11.5. The number of fused-ring (bicyclic) bond motifs is 3. The maximum absolute atomic E-state index is 14.8. The largest absolute Gasteiger partial charge is 0.480 e. The lowest BCUT2D eigenvalue weighted by Gasteiger charge is -2.39. The van der Waals surface area contributed by atoms with Gasteiger partial charge in [-0.2, -0.15) is 0 Å². The second-order valence-corrected chi connectivity index (χ2v) is 15.3. The predicted molar refractivity (Wildman–Crippen MR) is 190 cm³/mol. The number of amides is 4. The van der Waals surface area contributed by atoms with Gasteiger partial charge in [0.1, 0.15) is 18.1 Å². The number of rotatable bonds is 12. The van der Waals surface area contributed by atoms with Crippen LogP contribution in [0.2, 0.25) is 0 Å². The number of benzene rings is 1. The van der Waals surface area contributed by atoms with E-state index in [4.69, 9.17) is 17.2 Å². The van der Waals surface area contributed by atoms with E-state index in [1.54, 1.807) is 9.80 Å². The molecular weight excluding hydrogens is 652 g/mol. The zero-order valence-corrected chi connectivity index (χ0v) is 29.4. The average molecular weight is 707 g/mol. The molecule has 14 heteroatoms. The first-order valence-electron chi connectivity index (χ1n) is 18.9. The second-order valence-electron chi connectivity index (χ2n) is 15.3. The topological polar surface area (TPSA) is 227 Å². The number of hydrogen-bond acceptors (Lipinski definition) is 7. The Labute approximate surface area is 299 Å². The molecule has 1 aromatic rings. The Bertz CT molecular complexity index is 1490. The molecule has 0 aromatic heterocycles. The van der Waals surface area contributed by atoms with Gasteiger partial charge in [0.2, 0.25) is 23.6 Å². The van der Waals surface area contributed by atoms with Gasteiger partial charge >= 0.3 is 5.97 Å². The Hall–Kier alpha value is -4.20. The van der Waals surface area contributed by atoms with Crippen LogP contribution in [0.3, 0.4) is 0 Å². The molecule has 2 saturated carbocycles. The molecule has 4 amide bonds. The lowest BCUT2D eigenvalue weighted by molar-refractivity contribution is -0.150. The van der Waals surface area contributed by atoms with Gasteiger partial charge in [-0.25, -0.2) is 4.79 Å². The minimum atomic E-state index is -1.12. The molecule has 278 valence electrons. The minimum absolute atomic E-state index is 0.0177. The molecule has 0 unspecified atom stereocenters. The van der Waals surface area contributed by atoms with Crippen LogP contribution in [0.4, 0.5) is 0 Å². The van der Waals surface area contributed by atoms with Crippen LogP contribution in [0.1, 0.15) is 88.2 Å². The van der Waals surface area contributed by atoms with E-state index < -0.39 is 48.5 Å². The average Bonchev–Trinajstić information content (AvgIpc) is 3.84. The van der Waals surface area contributed by atoms with Gasteiger partial charge in [0.15, 0.2) is 5.96 Å². The summed E-state index contributed by atoms with van der Waals surface area (Å²) >= 11 is 0. The third kappa shape index (κ3) is 8.00. The van der Waals surface area contributed by atoms with Crippen LogP contribution in [0.5, 0.6) is 0 Å². The maximum atomic E-state index is 14.8. The normalized spacial score (nSPS) is 28.2. The highest BCUT2D eigenvalue weighted by atomic mass is 16.4. The van der Waals surface area contributed by atoms with Gasteiger partial charge in [-0.1, -0.05) is 49.9 Å². The van der Waals surface area contributed by atoms with Crippen molar-refractivity contribution in [2.45, 2.75) is 126 Å². The Morgan fingerprint density at radius 1 is 0.863 bits per heavy atom. The molecule has 9 N–H and O–H groups in total. The zero-order chi connectivity index (χ0) is 36.2. The van der Waals surface area contributed by atoms with Crippen LogP contribution in [0.15, 0.2) is 29.3 Å². The van der Waals surface area contributed by atoms with Crippen molar-refractivity contribution in [1.29, 1.82) is 0 Å². The van der Waals surface area contributed by atoms with Crippen LogP contribution in [-0.4, -0.2) is 99.8 Å². The smallest absolute Gasteiger partial charge is 0.326 e. The number of aliphatic imine (C=N–C) groups is 1. The number of carboxylic acid groups (broad SMARTS) is 1. The molecule has 5 aliphatic rings. The second kappa shape index (κ2) is 16.0. The summed E-state index contributed by atoms with van der Waals surface area (Å²) in [6, 6.07) is 4.20. The summed E-state index contributed by atoms with van der Waals surface area (Å²) in [5, 5.41) is 15.4. The molecule has 51 heavy (non-hydrogen) atoms. The fourth-order valence-corrected chi connectivity index (χ4v) is 9.73. The Balaban J connectivity index is 1.14. The van der Waals surface area contributed by atoms with E-state index in [2.05, 4.69) is 15.6 Å². The molecular formula is C37H54N8O6. The summed E-state index contributed by atoms with van der Waals surface area (Å²) in [6.45, 7) is -0.0434. The van der Waals surface area contributed by atoms with Gasteiger partial charge in [-0.3, -0.25) is 24.2 Å².